The van der Waals surface area contributed by atoms with Crippen molar-refractivity contribution in [3.05, 3.63) is 24.2 Å². The van der Waals surface area contributed by atoms with Crippen LogP contribution in [-0.2, 0) is 6.42 Å². The molecule has 7 heteroatoms. The number of nitrogens with zero attached hydrogens (tertiary/aromatic N) is 4. The van der Waals surface area contributed by atoms with Crippen LogP contribution < -0.4 is 10.1 Å². The monoisotopic (exact) mass is 331 g/mol. The Labute approximate surface area is 142 Å². The van der Waals surface area contributed by atoms with E-state index in [2.05, 4.69) is 39.3 Å². The van der Waals surface area contributed by atoms with Gasteiger partial charge in [-0.05, 0) is 31.1 Å². The zero-order valence-corrected chi connectivity index (χ0v) is 14.5. The summed E-state index contributed by atoms with van der Waals surface area (Å²) in [5.41, 5.74) is 0. The zero-order chi connectivity index (χ0) is 16.9. The number of rotatable bonds is 7. The summed E-state index contributed by atoms with van der Waals surface area (Å²) in [5, 5.41) is 11.5. The molecule has 3 rings (SSSR count). The van der Waals surface area contributed by atoms with Crippen LogP contribution in [0.3, 0.4) is 0 Å². The van der Waals surface area contributed by atoms with Gasteiger partial charge < -0.3 is 14.5 Å². The van der Waals surface area contributed by atoms with Crippen LogP contribution in [0, 0.1) is 18.8 Å². The Bertz CT molecular complexity index is 658. The van der Waals surface area contributed by atoms with Crippen molar-refractivity contribution in [2.75, 3.05) is 11.9 Å². The lowest BCUT2D eigenvalue weighted by Crippen LogP contribution is -2.18. The van der Waals surface area contributed by atoms with E-state index in [0.717, 1.165) is 37.4 Å². The number of aromatic nitrogens is 4. The molecule has 2 aromatic heterocycles. The summed E-state index contributed by atoms with van der Waals surface area (Å²) in [6, 6.07) is 0.372. The number of nitrogens with one attached hydrogen (secondary N) is 1. The maximum absolute atomic E-state index is 5.76. The first-order valence-electron chi connectivity index (χ1n) is 8.59. The van der Waals surface area contributed by atoms with Gasteiger partial charge in [0.1, 0.15) is 0 Å². The van der Waals surface area contributed by atoms with E-state index < -0.39 is 0 Å². The summed E-state index contributed by atoms with van der Waals surface area (Å²) >= 11 is 0. The predicted molar refractivity (Wildman–Crippen MR) is 89.9 cm³/mol. The molecule has 0 aliphatic heterocycles. The second-order valence-electron chi connectivity index (χ2n) is 6.85. The largest absolute Gasteiger partial charge is 0.475 e. The molecule has 7 nitrogen and oxygen atoms in total. The molecule has 0 unspecified atom stereocenters. The molecule has 1 saturated carbocycles. The van der Waals surface area contributed by atoms with Gasteiger partial charge in [-0.2, -0.15) is 0 Å². The quantitative estimate of drug-likeness (QED) is 0.834. The molecule has 0 bridgehead atoms. The van der Waals surface area contributed by atoms with Gasteiger partial charge in [-0.25, -0.2) is 9.97 Å². The highest BCUT2D eigenvalue weighted by molar-refractivity contribution is 5.45. The van der Waals surface area contributed by atoms with Crippen LogP contribution in [0.2, 0.25) is 0 Å². The first-order valence-corrected chi connectivity index (χ1v) is 8.59. The molecule has 1 fully saturated rings. The molecule has 0 aromatic carbocycles. The van der Waals surface area contributed by atoms with Crippen LogP contribution in [0.25, 0.3) is 0 Å². The maximum atomic E-state index is 5.76. The van der Waals surface area contributed by atoms with Gasteiger partial charge in [0, 0.05) is 31.8 Å². The molecule has 0 spiro atoms. The fraction of sp³-hybridized carbons (Fsp3) is 0.647. The highest BCUT2D eigenvalue weighted by Crippen LogP contribution is 2.31. The first-order chi connectivity index (χ1) is 11.6. The zero-order valence-electron chi connectivity index (χ0n) is 14.5. The molecule has 130 valence electrons. The van der Waals surface area contributed by atoms with Gasteiger partial charge >= 0.3 is 0 Å². The van der Waals surface area contributed by atoms with Gasteiger partial charge in [-0.15, -0.1) is 10.2 Å². The lowest BCUT2D eigenvalue weighted by Gasteiger charge is -2.16. The van der Waals surface area contributed by atoms with Crippen LogP contribution in [0.1, 0.15) is 44.9 Å². The Morgan fingerprint density at radius 3 is 2.83 bits per heavy atom. The highest BCUT2D eigenvalue weighted by Gasteiger charge is 2.27. The number of anilines is 1. The maximum Gasteiger partial charge on any atom is 0.257 e. The van der Waals surface area contributed by atoms with Crippen LogP contribution in [0.4, 0.5) is 5.82 Å². The third-order valence-corrected chi connectivity index (χ3v) is 4.13. The third-order valence-electron chi connectivity index (χ3n) is 4.13. The normalized spacial score (nSPS) is 20.5. The first kappa shape index (κ1) is 16.7. The van der Waals surface area contributed by atoms with E-state index in [0.29, 0.717) is 36.3 Å². The van der Waals surface area contributed by atoms with Crippen LogP contribution in [-0.4, -0.2) is 32.8 Å². The number of hydrogen-bond donors (Lipinski definition) is 1. The van der Waals surface area contributed by atoms with E-state index in [9.17, 15) is 0 Å². The Kier molecular flexibility index (Phi) is 5.27. The fourth-order valence-corrected chi connectivity index (χ4v) is 3.03. The highest BCUT2D eigenvalue weighted by atomic mass is 16.5. The van der Waals surface area contributed by atoms with Crippen molar-refractivity contribution in [3.8, 4) is 5.88 Å². The van der Waals surface area contributed by atoms with E-state index in [1.807, 2.05) is 6.92 Å². The molecule has 0 radical (unpaired) electrons. The van der Waals surface area contributed by atoms with Crippen molar-refractivity contribution in [2.45, 2.75) is 52.5 Å². The Hall–Kier alpha value is -2.18. The molecule has 2 atom stereocenters. The van der Waals surface area contributed by atoms with Gasteiger partial charge in [-0.3, -0.25) is 0 Å². The minimum atomic E-state index is 0.372. The van der Waals surface area contributed by atoms with Crippen molar-refractivity contribution in [1.29, 1.82) is 0 Å². The summed E-state index contributed by atoms with van der Waals surface area (Å²) in [7, 11) is 0. The van der Waals surface area contributed by atoms with E-state index in [1.165, 1.54) is 0 Å². The van der Waals surface area contributed by atoms with Crippen LogP contribution >= 0.6 is 0 Å². The predicted octanol–water partition coefficient (Wildman–Crippen LogP) is 3.03. The van der Waals surface area contributed by atoms with E-state index in [1.54, 1.807) is 12.4 Å². The van der Waals surface area contributed by atoms with Gasteiger partial charge in [0.05, 0.1) is 6.61 Å². The second-order valence-corrected chi connectivity index (χ2v) is 6.85. The van der Waals surface area contributed by atoms with E-state index in [4.69, 9.17) is 9.15 Å². The second kappa shape index (κ2) is 7.59. The molecular weight excluding hydrogens is 306 g/mol. The van der Waals surface area contributed by atoms with Gasteiger partial charge in [0.2, 0.25) is 11.8 Å². The summed E-state index contributed by atoms with van der Waals surface area (Å²) in [4.78, 5) is 8.69. The summed E-state index contributed by atoms with van der Waals surface area (Å²) < 4.78 is 11.3. The lowest BCUT2D eigenvalue weighted by molar-refractivity contribution is 0.261. The minimum Gasteiger partial charge on any atom is -0.475 e. The van der Waals surface area contributed by atoms with Gasteiger partial charge in [0.25, 0.3) is 5.88 Å². The average molecular weight is 331 g/mol. The van der Waals surface area contributed by atoms with Crippen molar-refractivity contribution in [3.63, 3.8) is 0 Å². The Morgan fingerprint density at radius 1 is 1.25 bits per heavy atom. The number of aryl methyl sites for hydroxylation is 1. The van der Waals surface area contributed by atoms with E-state index in [-0.39, 0.29) is 0 Å². The van der Waals surface area contributed by atoms with E-state index >= 15 is 0 Å². The molecule has 1 aliphatic rings. The Morgan fingerprint density at radius 2 is 2.08 bits per heavy atom. The van der Waals surface area contributed by atoms with Crippen molar-refractivity contribution in [2.24, 2.45) is 11.8 Å². The number of ether oxygens (including phenoxy) is 1. The topological polar surface area (TPSA) is 86.0 Å². The summed E-state index contributed by atoms with van der Waals surface area (Å²) in [6.45, 7) is 6.69. The summed E-state index contributed by atoms with van der Waals surface area (Å²) in [6.07, 6.45) is 7.49. The van der Waals surface area contributed by atoms with Gasteiger partial charge in [-0.1, -0.05) is 13.8 Å². The standard InChI is InChI=1S/C17H25N5O2/c1-11(2)10-23-17-16(18-6-7-19-17)20-14-5-4-13(8-14)9-15-22-21-12(3)24-15/h6-7,11,13-14H,4-5,8-10H2,1-3H3,(H,18,20)/t13-,14+/m1/s1. The SMILES string of the molecule is Cc1nnc(C[C@@H]2CC[C@H](Nc3nccnc3OCC(C)C)C2)o1. The van der Waals surface area contributed by atoms with Crippen molar-refractivity contribution in [1.82, 2.24) is 20.2 Å². The smallest absolute Gasteiger partial charge is 0.257 e. The molecule has 24 heavy (non-hydrogen) atoms. The van der Waals surface area contributed by atoms with Crippen LogP contribution in [0.5, 0.6) is 5.88 Å². The molecule has 1 N–H and O–H groups in total. The van der Waals surface area contributed by atoms with Crippen molar-refractivity contribution >= 4 is 5.82 Å². The molecule has 2 aromatic rings. The molecule has 0 amide bonds. The van der Waals surface area contributed by atoms with Crippen molar-refractivity contribution < 1.29 is 9.15 Å². The molecule has 2 heterocycles. The average Bonchev–Trinajstić information content (AvgIpc) is 3.16. The summed E-state index contributed by atoms with van der Waals surface area (Å²) in [5.74, 6) is 3.69. The third kappa shape index (κ3) is 4.43. The Balaban J connectivity index is 1.55. The molecule has 1 aliphatic carbocycles. The molecular formula is C17H25N5O2. The molecule has 0 saturated heterocycles. The van der Waals surface area contributed by atoms with Crippen LogP contribution in [0.15, 0.2) is 16.8 Å². The van der Waals surface area contributed by atoms with Gasteiger partial charge in [0.15, 0.2) is 5.82 Å². The lowest BCUT2D eigenvalue weighted by atomic mass is 10.0. The number of hydrogen-bond acceptors (Lipinski definition) is 7. The minimum absolute atomic E-state index is 0.372. The fourth-order valence-electron chi connectivity index (χ4n) is 3.03.